The van der Waals surface area contributed by atoms with Gasteiger partial charge in [0, 0.05) is 64.5 Å². The highest BCUT2D eigenvalue weighted by Gasteiger charge is 2.21. The molecule has 7 rings (SSSR count). The summed E-state index contributed by atoms with van der Waals surface area (Å²) in [5.41, 5.74) is 7.39. The number of carbonyl (C=O) groups is 1. The van der Waals surface area contributed by atoms with Crippen LogP contribution in [0.2, 0.25) is 0 Å². The monoisotopic (exact) mass is 617 g/mol. The lowest BCUT2D eigenvalue weighted by Gasteiger charge is -2.20. The fourth-order valence-corrected chi connectivity index (χ4v) is 6.20. The third-order valence-electron chi connectivity index (χ3n) is 8.59. The van der Waals surface area contributed by atoms with E-state index in [1.165, 1.54) is 18.6 Å². The Morgan fingerprint density at radius 3 is 2.59 bits per heavy atom. The number of carbonyl (C=O) groups excluding carboxylic acids is 1. The molecule has 10 nitrogen and oxygen atoms in total. The SMILES string of the molecule is CN(C)CCNc1cc(F)cc(-c2nccc3[nH]c(-c4n[nH]c5cnc(-c6cncc(NC(=O)C7CCCCC7)c6)cc45)cc23)c1. The maximum atomic E-state index is 14.7. The predicted octanol–water partition coefficient (Wildman–Crippen LogP) is 6.86. The smallest absolute Gasteiger partial charge is 0.227 e. The lowest BCUT2D eigenvalue weighted by atomic mass is 9.88. The summed E-state index contributed by atoms with van der Waals surface area (Å²) in [4.78, 5) is 32.1. The summed E-state index contributed by atoms with van der Waals surface area (Å²) in [6.07, 6.45) is 12.2. The molecule has 5 heterocycles. The van der Waals surface area contributed by atoms with Crippen LogP contribution in [0.1, 0.15) is 32.1 Å². The van der Waals surface area contributed by atoms with E-state index in [0.717, 1.165) is 71.0 Å². The van der Waals surface area contributed by atoms with Gasteiger partial charge in [0.15, 0.2) is 0 Å². The van der Waals surface area contributed by atoms with E-state index < -0.39 is 0 Å². The minimum atomic E-state index is -0.329. The lowest BCUT2D eigenvalue weighted by molar-refractivity contribution is -0.120. The Kier molecular flexibility index (Phi) is 8.15. The lowest BCUT2D eigenvalue weighted by Crippen LogP contribution is -2.24. The molecule has 6 aromatic rings. The number of halogens is 1. The van der Waals surface area contributed by atoms with Gasteiger partial charge >= 0.3 is 0 Å². The van der Waals surface area contributed by atoms with E-state index in [2.05, 4.69) is 45.7 Å². The molecule has 234 valence electrons. The number of H-pyrrole nitrogens is 2. The van der Waals surface area contributed by atoms with Gasteiger partial charge in [-0.15, -0.1) is 0 Å². The van der Waals surface area contributed by atoms with Gasteiger partial charge in [0.05, 0.1) is 40.7 Å². The summed E-state index contributed by atoms with van der Waals surface area (Å²) in [5, 5.41) is 15.8. The average molecular weight is 618 g/mol. The molecule has 0 radical (unpaired) electrons. The first-order valence-corrected chi connectivity index (χ1v) is 15.7. The minimum Gasteiger partial charge on any atom is -0.384 e. The van der Waals surface area contributed by atoms with E-state index in [9.17, 15) is 9.18 Å². The Bertz CT molecular complexity index is 2030. The molecular formula is C35H36FN9O. The maximum Gasteiger partial charge on any atom is 0.227 e. The van der Waals surface area contributed by atoms with Crippen molar-refractivity contribution in [1.29, 1.82) is 0 Å². The molecule has 1 aliphatic carbocycles. The second kappa shape index (κ2) is 12.7. The fourth-order valence-electron chi connectivity index (χ4n) is 6.20. The Balaban J connectivity index is 1.19. The van der Waals surface area contributed by atoms with Crippen molar-refractivity contribution >= 4 is 39.1 Å². The molecule has 0 saturated heterocycles. The number of nitrogens with one attached hydrogen (secondary N) is 4. The minimum absolute atomic E-state index is 0.0557. The zero-order chi connectivity index (χ0) is 31.6. The zero-order valence-corrected chi connectivity index (χ0v) is 25.9. The first-order chi connectivity index (χ1) is 22.4. The largest absolute Gasteiger partial charge is 0.384 e. The molecule has 1 aromatic carbocycles. The van der Waals surface area contributed by atoms with Crippen LogP contribution in [0.25, 0.3) is 55.7 Å². The number of rotatable bonds is 9. The van der Waals surface area contributed by atoms with Gasteiger partial charge in [-0.25, -0.2) is 4.39 Å². The van der Waals surface area contributed by atoms with Crippen LogP contribution >= 0.6 is 0 Å². The maximum absolute atomic E-state index is 14.7. The molecule has 0 atom stereocenters. The zero-order valence-electron chi connectivity index (χ0n) is 25.9. The van der Waals surface area contributed by atoms with Crippen molar-refractivity contribution in [2.24, 2.45) is 5.92 Å². The molecule has 0 bridgehead atoms. The van der Waals surface area contributed by atoms with Crippen LogP contribution in [-0.4, -0.2) is 68.1 Å². The van der Waals surface area contributed by atoms with E-state index in [-0.39, 0.29) is 17.6 Å². The number of hydrogen-bond acceptors (Lipinski definition) is 7. The molecule has 46 heavy (non-hydrogen) atoms. The van der Waals surface area contributed by atoms with Gasteiger partial charge in [-0.05, 0) is 69.4 Å². The molecule has 1 amide bonds. The van der Waals surface area contributed by atoms with Gasteiger partial charge in [0.1, 0.15) is 11.5 Å². The number of anilines is 2. The van der Waals surface area contributed by atoms with Gasteiger partial charge in [0.2, 0.25) is 5.91 Å². The van der Waals surface area contributed by atoms with Crippen LogP contribution in [-0.2, 0) is 4.79 Å². The molecule has 1 aliphatic rings. The summed E-state index contributed by atoms with van der Waals surface area (Å²) in [6, 6.07) is 12.7. The van der Waals surface area contributed by atoms with Gasteiger partial charge in [-0.1, -0.05) is 19.3 Å². The van der Waals surface area contributed by atoms with E-state index in [4.69, 9.17) is 0 Å². The number of benzene rings is 1. The number of amides is 1. The van der Waals surface area contributed by atoms with Gasteiger partial charge in [-0.3, -0.25) is 24.8 Å². The molecule has 0 aliphatic heterocycles. The van der Waals surface area contributed by atoms with E-state index in [0.29, 0.717) is 34.9 Å². The molecule has 1 saturated carbocycles. The predicted molar refractivity (Wildman–Crippen MR) is 180 cm³/mol. The van der Waals surface area contributed by atoms with Crippen LogP contribution < -0.4 is 10.6 Å². The molecule has 11 heteroatoms. The summed E-state index contributed by atoms with van der Waals surface area (Å²) >= 11 is 0. The summed E-state index contributed by atoms with van der Waals surface area (Å²) in [7, 11) is 4.00. The van der Waals surface area contributed by atoms with Crippen LogP contribution in [0.3, 0.4) is 0 Å². The van der Waals surface area contributed by atoms with Gasteiger partial charge < -0.3 is 20.5 Å². The standard InChI is InChI=1S/C35H36FN9O/c1-45(2)11-10-38-25-13-22(12-24(36)15-25)33-27-17-31(42-29(27)8-9-39-33)34-28-16-30(40-20-32(28)43-44-34)23-14-26(19-37-18-23)41-35(46)21-6-4-3-5-7-21/h8-9,12-21,38,42H,3-7,10-11H2,1-2H3,(H,41,46)(H,43,44). The number of aromatic nitrogens is 6. The van der Waals surface area contributed by atoms with Crippen LogP contribution in [0.5, 0.6) is 0 Å². The first-order valence-electron chi connectivity index (χ1n) is 15.7. The molecule has 4 N–H and O–H groups in total. The van der Waals surface area contributed by atoms with Crippen LogP contribution in [0.4, 0.5) is 15.8 Å². The van der Waals surface area contributed by atoms with Crippen molar-refractivity contribution in [1.82, 2.24) is 35.0 Å². The van der Waals surface area contributed by atoms with Crippen molar-refractivity contribution < 1.29 is 9.18 Å². The molecule has 1 fully saturated rings. The molecular weight excluding hydrogens is 581 g/mol. The number of pyridine rings is 3. The van der Waals surface area contributed by atoms with Crippen molar-refractivity contribution in [3.8, 4) is 33.9 Å². The van der Waals surface area contributed by atoms with Gasteiger partial charge in [0.25, 0.3) is 0 Å². The Morgan fingerprint density at radius 2 is 1.74 bits per heavy atom. The Labute approximate surface area is 265 Å². The average Bonchev–Trinajstić information content (AvgIpc) is 3.69. The number of nitrogens with zero attached hydrogens (tertiary/aromatic N) is 5. The van der Waals surface area contributed by atoms with Crippen LogP contribution in [0, 0.1) is 11.7 Å². The molecule has 5 aromatic heterocycles. The highest BCUT2D eigenvalue weighted by molar-refractivity contribution is 6.00. The van der Waals surface area contributed by atoms with Crippen molar-refractivity contribution in [2.75, 3.05) is 37.8 Å². The second-order valence-corrected chi connectivity index (χ2v) is 12.2. The number of fused-ring (bicyclic) bond motifs is 2. The van der Waals surface area contributed by atoms with Crippen molar-refractivity contribution in [3.05, 3.63) is 73.1 Å². The topological polar surface area (TPSA) is 128 Å². The number of hydrogen-bond donors (Lipinski definition) is 4. The highest BCUT2D eigenvalue weighted by atomic mass is 19.1. The van der Waals surface area contributed by atoms with E-state index in [1.807, 2.05) is 44.4 Å². The summed E-state index contributed by atoms with van der Waals surface area (Å²) in [5.74, 6) is -0.216. The summed E-state index contributed by atoms with van der Waals surface area (Å²) in [6.45, 7) is 1.52. The third kappa shape index (κ3) is 6.18. The van der Waals surface area contributed by atoms with Crippen LogP contribution in [0.15, 0.2) is 67.3 Å². The quantitative estimate of drug-likeness (QED) is 0.140. The normalized spacial score (nSPS) is 13.9. The van der Waals surface area contributed by atoms with Gasteiger partial charge in [-0.2, -0.15) is 5.10 Å². The fraction of sp³-hybridized carbons (Fsp3) is 0.286. The number of aromatic amines is 2. The molecule has 0 unspecified atom stereocenters. The van der Waals surface area contributed by atoms with E-state index >= 15 is 0 Å². The highest BCUT2D eigenvalue weighted by Crippen LogP contribution is 2.35. The molecule has 0 spiro atoms. The first kappa shape index (κ1) is 29.5. The van der Waals surface area contributed by atoms with E-state index in [1.54, 1.807) is 24.8 Å². The van der Waals surface area contributed by atoms with Crippen molar-refractivity contribution in [3.63, 3.8) is 0 Å². The summed E-state index contributed by atoms with van der Waals surface area (Å²) < 4.78 is 14.7. The van der Waals surface area contributed by atoms with Crippen molar-refractivity contribution in [2.45, 2.75) is 32.1 Å². The third-order valence-corrected chi connectivity index (χ3v) is 8.59. The Hall–Kier alpha value is -5.16. The Morgan fingerprint density at radius 1 is 0.913 bits per heavy atom. The number of likely N-dealkylation sites (N-methyl/N-ethyl adjacent to an activating group) is 1. The second-order valence-electron chi connectivity index (χ2n) is 12.2.